The normalized spacial score (nSPS) is 17.6. The number of aryl methyl sites for hydroxylation is 3. The van der Waals surface area contributed by atoms with Crippen LogP contribution in [0.5, 0.6) is 0 Å². The van der Waals surface area contributed by atoms with E-state index in [0.29, 0.717) is 0 Å². The SMILES string of the molecule is Cc1ccc(-c2cccnc2)cc1-c1cc2c(c[n+]1C)CCC[Si]21CCCC1. The van der Waals surface area contributed by atoms with E-state index in [1.807, 2.05) is 18.5 Å². The fourth-order valence-corrected chi connectivity index (χ4v) is 11.2. The van der Waals surface area contributed by atoms with Gasteiger partial charge in [-0.1, -0.05) is 55.6 Å². The highest BCUT2D eigenvalue weighted by Gasteiger charge is 2.42. The van der Waals surface area contributed by atoms with Gasteiger partial charge in [0.05, 0.1) is 8.07 Å². The van der Waals surface area contributed by atoms with E-state index in [1.54, 1.807) is 10.8 Å². The summed E-state index contributed by atoms with van der Waals surface area (Å²) in [5, 5.41) is 1.79. The second-order valence-corrected chi connectivity index (χ2v) is 13.4. The van der Waals surface area contributed by atoms with Crippen molar-refractivity contribution in [2.45, 2.75) is 50.7 Å². The summed E-state index contributed by atoms with van der Waals surface area (Å²) in [5.74, 6) is 0. The molecule has 0 amide bonds. The van der Waals surface area contributed by atoms with Crippen molar-refractivity contribution in [1.82, 2.24) is 4.98 Å². The molecule has 2 aliphatic heterocycles. The van der Waals surface area contributed by atoms with Crippen molar-refractivity contribution in [3.8, 4) is 22.4 Å². The summed E-state index contributed by atoms with van der Waals surface area (Å²) >= 11 is 0. The molecule has 2 aliphatic rings. The van der Waals surface area contributed by atoms with Gasteiger partial charge in [-0.15, -0.1) is 0 Å². The van der Waals surface area contributed by atoms with Crippen molar-refractivity contribution in [2.75, 3.05) is 0 Å². The molecule has 1 fully saturated rings. The molecule has 28 heavy (non-hydrogen) atoms. The highest BCUT2D eigenvalue weighted by molar-refractivity contribution is 6.93. The van der Waals surface area contributed by atoms with Gasteiger partial charge in [0, 0.05) is 35.2 Å². The number of hydrogen-bond acceptors (Lipinski definition) is 1. The van der Waals surface area contributed by atoms with Crippen LogP contribution in [0.1, 0.15) is 30.4 Å². The lowest BCUT2D eigenvalue weighted by molar-refractivity contribution is -0.660. The third kappa shape index (κ3) is 2.93. The predicted molar refractivity (Wildman–Crippen MR) is 118 cm³/mol. The lowest BCUT2D eigenvalue weighted by Crippen LogP contribution is -2.51. The van der Waals surface area contributed by atoms with Crippen LogP contribution >= 0.6 is 0 Å². The summed E-state index contributed by atoms with van der Waals surface area (Å²) < 4.78 is 2.37. The standard InChI is InChI=1S/C25H29N2Si/c1-19-9-10-20(21-7-5-11-26-17-21)15-23(19)24-16-25-22(18-27(24)2)8-6-14-28(25)12-3-4-13-28/h5,7,9-11,15-18H,3-4,6,8,12-14H2,1-2H3/q+1. The van der Waals surface area contributed by atoms with Crippen LogP contribution in [0, 0.1) is 6.92 Å². The summed E-state index contributed by atoms with van der Waals surface area (Å²) in [5.41, 5.74) is 8.17. The van der Waals surface area contributed by atoms with Crippen LogP contribution < -0.4 is 9.75 Å². The van der Waals surface area contributed by atoms with Crippen LogP contribution in [0.2, 0.25) is 18.1 Å². The predicted octanol–water partition coefficient (Wildman–Crippen LogP) is 4.94. The largest absolute Gasteiger partial charge is 0.264 e. The Morgan fingerprint density at radius 3 is 2.57 bits per heavy atom. The molecule has 0 radical (unpaired) electrons. The minimum absolute atomic E-state index is 1.19. The summed E-state index contributed by atoms with van der Waals surface area (Å²) in [6.07, 6.45) is 11.8. The van der Waals surface area contributed by atoms with E-state index in [-0.39, 0.29) is 0 Å². The molecule has 1 aromatic carbocycles. The van der Waals surface area contributed by atoms with Crippen LogP contribution in [-0.4, -0.2) is 13.1 Å². The monoisotopic (exact) mass is 385 g/mol. The highest BCUT2D eigenvalue weighted by Crippen LogP contribution is 2.38. The zero-order valence-corrected chi connectivity index (χ0v) is 18.0. The molecule has 4 heterocycles. The Morgan fingerprint density at radius 1 is 0.964 bits per heavy atom. The molecule has 3 aromatic rings. The van der Waals surface area contributed by atoms with E-state index in [4.69, 9.17) is 0 Å². The topological polar surface area (TPSA) is 16.8 Å². The van der Waals surface area contributed by atoms with Gasteiger partial charge in [0.15, 0.2) is 6.20 Å². The molecule has 2 aromatic heterocycles. The van der Waals surface area contributed by atoms with Crippen LogP contribution in [-0.2, 0) is 13.5 Å². The Morgan fingerprint density at radius 2 is 1.79 bits per heavy atom. The average Bonchev–Trinajstić information content (AvgIpc) is 3.18. The lowest BCUT2D eigenvalue weighted by Gasteiger charge is -2.33. The second kappa shape index (κ2) is 6.96. The van der Waals surface area contributed by atoms with Crippen molar-refractivity contribution in [3.63, 3.8) is 0 Å². The van der Waals surface area contributed by atoms with E-state index in [9.17, 15) is 0 Å². The number of aromatic nitrogens is 2. The van der Waals surface area contributed by atoms with Crippen molar-refractivity contribution in [3.05, 3.63) is 66.1 Å². The number of fused-ring (bicyclic) bond motifs is 2. The van der Waals surface area contributed by atoms with Gasteiger partial charge in [-0.3, -0.25) is 4.98 Å². The van der Waals surface area contributed by atoms with Gasteiger partial charge in [-0.25, -0.2) is 4.57 Å². The van der Waals surface area contributed by atoms with E-state index in [2.05, 4.69) is 60.1 Å². The third-order valence-electron chi connectivity index (χ3n) is 7.10. The zero-order valence-electron chi connectivity index (χ0n) is 17.0. The summed E-state index contributed by atoms with van der Waals surface area (Å²) in [4.78, 5) is 4.31. The summed E-state index contributed by atoms with van der Waals surface area (Å²) in [6.45, 7) is 2.24. The molecule has 142 valence electrons. The Labute approximate surface area is 169 Å². The molecule has 0 saturated carbocycles. The number of rotatable bonds is 2. The maximum absolute atomic E-state index is 4.31. The van der Waals surface area contributed by atoms with E-state index in [0.717, 1.165) is 0 Å². The molecule has 1 spiro atoms. The highest BCUT2D eigenvalue weighted by atomic mass is 28.3. The minimum Gasteiger partial charge on any atom is -0.264 e. The van der Waals surface area contributed by atoms with Gasteiger partial charge >= 0.3 is 0 Å². The Kier molecular flexibility index (Phi) is 4.43. The zero-order chi connectivity index (χ0) is 19.1. The molecule has 5 rings (SSSR count). The Balaban J connectivity index is 1.66. The molecular weight excluding hydrogens is 356 g/mol. The van der Waals surface area contributed by atoms with Gasteiger partial charge in [-0.05, 0) is 41.8 Å². The van der Waals surface area contributed by atoms with Crippen molar-refractivity contribution < 1.29 is 4.57 Å². The quantitative estimate of drug-likeness (QED) is 0.451. The first-order valence-corrected chi connectivity index (χ1v) is 13.3. The van der Waals surface area contributed by atoms with Crippen molar-refractivity contribution in [2.24, 2.45) is 7.05 Å². The second-order valence-electron chi connectivity index (χ2n) is 8.82. The lowest BCUT2D eigenvalue weighted by atomic mass is 9.97. The molecular formula is C25H29N2Si+. The van der Waals surface area contributed by atoms with Crippen LogP contribution in [0.4, 0.5) is 0 Å². The maximum Gasteiger partial charge on any atom is 0.212 e. The van der Waals surface area contributed by atoms with E-state index >= 15 is 0 Å². The number of pyridine rings is 2. The van der Waals surface area contributed by atoms with Gasteiger partial charge in [0.25, 0.3) is 0 Å². The number of benzene rings is 1. The summed E-state index contributed by atoms with van der Waals surface area (Å²) in [6, 6.07) is 18.2. The number of hydrogen-bond donors (Lipinski definition) is 0. The molecule has 0 atom stereocenters. The average molecular weight is 386 g/mol. The molecule has 0 bridgehead atoms. The molecule has 1 saturated heterocycles. The smallest absolute Gasteiger partial charge is 0.212 e. The Bertz CT molecular complexity index is 1020. The fraction of sp³-hybridized carbons (Fsp3) is 0.360. The van der Waals surface area contributed by atoms with Gasteiger partial charge in [0.2, 0.25) is 5.69 Å². The van der Waals surface area contributed by atoms with Gasteiger partial charge < -0.3 is 0 Å². The fourth-order valence-electron chi connectivity index (χ4n) is 5.60. The first-order valence-electron chi connectivity index (χ1n) is 10.7. The molecule has 0 aliphatic carbocycles. The van der Waals surface area contributed by atoms with Crippen molar-refractivity contribution in [1.29, 1.82) is 0 Å². The number of nitrogens with zero attached hydrogens (tertiary/aromatic N) is 2. The molecule has 3 heteroatoms. The van der Waals surface area contributed by atoms with Crippen LogP contribution in [0.3, 0.4) is 0 Å². The van der Waals surface area contributed by atoms with Gasteiger partial charge in [-0.2, -0.15) is 0 Å². The third-order valence-corrected chi connectivity index (χ3v) is 12.6. The van der Waals surface area contributed by atoms with Gasteiger partial charge in [0.1, 0.15) is 7.05 Å². The summed E-state index contributed by atoms with van der Waals surface area (Å²) in [7, 11) is 0.980. The van der Waals surface area contributed by atoms with Crippen LogP contribution in [0.25, 0.3) is 22.4 Å². The maximum atomic E-state index is 4.31. The Hall–Kier alpha value is -2.26. The first-order chi connectivity index (χ1) is 13.7. The van der Waals surface area contributed by atoms with E-state index in [1.165, 1.54) is 71.8 Å². The van der Waals surface area contributed by atoms with Crippen LogP contribution in [0.15, 0.2) is 55.0 Å². The minimum atomic E-state index is -1.25. The van der Waals surface area contributed by atoms with Crippen molar-refractivity contribution >= 4 is 13.3 Å². The first kappa shape index (κ1) is 17.8. The molecule has 0 unspecified atom stereocenters. The molecule has 0 N–H and O–H groups in total. The molecule has 2 nitrogen and oxygen atoms in total. The van der Waals surface area contributed by atoms with E-state index < -0.39 is 8.07 Å².